The average molecular weight is 397 g/mol. The zero-order valence-corrected chi connectivity index (χ0v) is 16.9. The van der Waals surface area contributed by atoms with Crippen molar-refractivity contribution in [2.75, 3.05) is 36.4 Å². The van der Waals surface area contributed by atoms with E-state index >= 15 is 0 Å². The Morgan fingerprint density at radius 1 is 1.00 bits per heavy atom. The molecule has 28 heavy (non-hydrogen) atoms. The standard InChI is InChI=1S/C21H24N4O2S/c1-15-6-5-7-17(14-15)20(27)23-21(28)22-18-8-3-4-9-19(18)25-12-10-24(11-13-25)16(2)26/h3-9,14H,10-13H2,1-2H3,(H2,22,23,27,28). The van der Waals surface area contributed by atoms with Crippen LogP contribution >= 0.6 is 12.2 Å². The van der Waals surface area contributed by atoms with E-state index in [2.05, 4.69) is 15.5 Å². The van der Waals surface area contributed by atoms with Crippen molar-refractivity contribution in [1.82, 2.24) is 10.2 Å². The van der Waals surface area contributed by atoms with Gasteiger partial charge in [0.15, 0.2) is 5.11 Å². The Morgan fingerprint density at radius 3 is 2.39 bits per heavy atom. The Labute approximate surface area is 170 Å². The quantitative estimate of drug-likeness (QED) is 0.781. The third kappa shape index (κ3) is 4.86. The van der Waals surface area contributed by atoms with E-state index in [-0.39, 0.29) is 16.9 Å². The first kappa shape index (κ1) is 19.8. The molecular weight excluding hydrogens is 372 g/mol. The van der Waals surface area contributed by atoms with Gasteiger partial charge in [0.1, 0.15) is 0 Å². The van der Waals surface area contributed by atoms with E-state index in [1.165, 1.54) is 0 Å². The highest BCUT2D eigenvalue weighted by Crippen LogP contribution is 2.26. The van der Waals surface area contributed by atoms with Gasteiger partial charge in [0.05, 0.1) is 11.4 Å². The number of rotatable bonds is 3. The van der Waals surface area contributed by atoms with Crippen LogP contribution < -0.4 is 15.5 Å². The third-order valence-corrected chi connectivity index (χ3v) is 4.93. The number of nitrogens with one attached hydrogen (secondary N) is 2. The van der Waals surface area contributed by atoms with E-state index in [1.807, 2.05) is 54.3 Å². The smallest absolute Gasteiger partial charge is 0.257 e. The molecule has 2 amide bonds. The fraction of sp³-hybridized carbons (Fsp3) is 0.286. The molecule has 0 spiro atoms. The number of para-hydroxylation sites is 2. The number of nitrogens with zero attached hydrogens (tertiary/aromatic N) is 2. The van der Waals surface area contributed by atoms with Crippen molar-refractivity contribution in [1.29, 1.82) is 0 Å². The topological polar surface area (TPSA) is 64.7 Å². The van der Waals surface area contributed by atoms with Gasteiger partial charge >= 0.3 is 0 Å². The Balaban J connectivity index is 1.65. The maximum absolute atomic E-state index is 12.4. The summed E-state index contributed by atoms with van der Waals surface area (Å²) in [6, 6.07) is 15.2. The normalized spacial score (nSPS) is 13.8. The van der Waals surface area contributed by atoms with E-state index in [9.17, 15) is 9.59 Å². The first-order valence-electron chi connectivity index (χ1n) is 9.22. The van der Waals surface area contributed by atoms with Crippen LogP contribution in [0.15, 0.2) is 48.5 Å². The molecule has 146 valence electrons. The van der Waals surface area contributed by atoms with E-state index in [1.54, 1.807) is 13.0 Å². The molecule has 3 rings (SSSR count). The summed E-state index contributed by atoms with van der Waals surface area (Å²) in [6.07, 6.45) is 0. The molecule has 1 fully saturated rings. The van der Waals surface area contributed by atoms with Gasteiger partial charge in [0.2, 0.25) is 5.91 Å². The second kappa shape index (κ2) is 8.84. The van der Waals surface area contributed by atoms with Crippen LogP contribution in [0.2, 0.25) is 0 Å². The number of hydrogen-bond donors (Lipinski definition) is 2. The molecule has 0 bridgehead atoms. The molecule has 1 aliphatic heterocycles. The van der Waals surface area contributed by atoms with Crippen molar-refractivity contribution >= 4 is 40.5 Å². The van der Waals surface area contributed by atoms with Crippen LogP contribution in [-0.2, 0) is 4.79 Å². The zero-order chi connectivity index (χ0) is 20.1. The van der Waals surface area contributed by atoms with Crippen LogP contribution in [0.3, 0.4) is 0 Å². The predicted molar refractivity (Wildman–Crippen MR) is 116 cm³/mol. The van der Waals surface area contributed by atoms with Gasteiger partial charge in [0.25, 0.3) is 5.91 Å². The molecule has 2 aromatic rings. The molecular formula is C21H24N4O2S. The van der Waals surface area contributed by atoms with Crippen LogP contribution in [0, 0.1) is 6.92 Å². The van der Waals surface area contributed by atoms with Gasteiger partial charge in [-0.1, -0.05) is 29.8 Å². The van der Waals surface area contributed by atoms with Gasteiger partial charge in [0, 0.05) is 38.7 Å². The van der Waals surface area contributed by atoms with E-state index < -0.39 is 0 Å². The van der Waals surface area contributed by atoms with Crippen molar-refractivity contribution in [3.05, 3.63) is 59.7 Å². The van der Waals surface area contributed by atoms with E-state index in [4.69, 9.17) is 12.2 Å². The first-order chi connectivity index (χ1) is 13.4. The van der Waals surface area contributed by atoms with Gasteiger partial charge in [-0.3, -0.25) is 14.9 Å². The molecule has 1 saturated heterocycles. The number of benzene rings is 2. The molecule has 0 aromatic heterocycles. The molecule has 2 aromatic carbocycles. The van der Waals surface area contributed by atoms with Crippen LogP contribution in [0.4, 0.5) is 11.4 Å². The number of aryl methyl sites for hydroxylation is 1. The van der Waals surface area contributed by atoms with Crippen molar-refractivity contribution in [2.45, 2.75) is 13.8 Å². The summed E-state index contributed by atoms with van der Waals surface area (Å²) < 4.78 is 0. The van der Waals surface area contributed by atoms with Crippen LogP contribution in [0.25, 0.3) is 0 Å². The Hall–Kier alpha value is -2.93. The lowest BCUT2D eigenvalue weighted by atomic mass is 10.1. The number of hydrogen-bond acceptors (Lipinski definition) is 4. The van der Waals surface area contributed by atoms with Gasteiger partial charge in [-0.15, -0.1) is 0 Å². The van der Waals surface area contributed by atoms with Gasteiger partial charge in [-0.2, -0.15) is 0 Å². The second-order valence-electron chi connectivity index (χ2n) is 6.79. The van der Waals surface area contributed by atoms with Crippen molar-refractivity contribution in [2.24, 2.45) is 0 Å². The SMILES string of the molecule is CC(=O)N1CCN(c2ccccc2NC(=S)NC(=O)c2cccc(C)c2)CC1. The lowest BCUT2D eigenvalue weighted by Gasteiger charge is -2.36. The van der Waals surface area contributed by atoms with Crippen LogP contribution in [-0.4, -0.2) is 48.0 Å². The Morgan fingerprint density at radius 2 is 1.71 bits per heavy atom. The maximum Gasteiger partial charge on any atom is 0.257 e. The summed E-state index contributed by atoms with van der Waals surface area (Å²) >= 11 is 5.34. The number of piperazine rings is 1. The lowest BCUT2D eigenvalue weighted by molar-refractivity contribution is -0.129. The minimum Gasteiger partial charge on any atom is -0.366 e. The molecule has 0 radical (unpaired) electrons. The summed E-state index contributed by atoms with van der Waals surface area (Å²) in [7, 11) is 0. The van der Waals surface area contributed by atoms with E-state index in [0.29, 0.717) is 18.7 Å². The lowest BCUT2D eigenvalue weighted by Crippen LogP contribution is -2.48. The Kier molecular flexibility index (Phi) is 6.26. The first-order valence-corrected chi connectivity index (χ1v) is 9.63. The third-order valence-electron chi connectivity index (χ3n) is 4.73. The van der Waals surface area contributed by atoms with Crippen LogP contribution in [0.5, 0.6) is 0 Å². The highest BCUT2D eigenvalue weighted by molar-refractivity contribution is 7.80. The van der Waals surface area contributed by atoms with Crippen molar-refractivity contribution in [3.63, 3.8) is 0 Å². The fourth-order valence-corrected chi connectivity index (χ4v) is 3.44. The summed E-state index contributed by atoms with van der Waals surface area (Å²) in [6.45, 7) is 6.42. The molecule has 1 heterocycles. The molecule has 1 aliphatic rings. The largest absolute Gasteiger partial charge is 0.366 e. The molecule has 0 aliphatic carbocycles. The van der Waals surface area contributed by atoms with Gasteiger partial charge in [-0.25, -0.2) is 0 Å². The summed E-state index contributed by atoms with van der Waals surface area (Å²) in [5, 5.41) is 6.12. The fourth-order valence-electron chi connectivity index (χ4n) is 3.23. The van der Waals surface area contributed by atoms with Crippen molar-refractivity contribution < 1.29 is 9.59 Å². The van der Waals surface area contributed by atoms with Gasteiger partial charge < -0.3 is 15.1 Å². The second-order valence-corrected chi connectivity index (χ2v) is 7.20. The van der Waals surface area contributed by atoms with E-state index in [0.717, 1.165) is 30.0 Å². The minimum absolute atomic E-state index is 0.103. The molecule has 2 N–H and O–H groups in total. The number of thiocarbonyl (C=S) groups is 1. The molecule has 0 unspecified atom stereocenters. The number of anilines is 2. The average Bonchev–Trinajstić information content (AvgIpc) is 2.68. The molecule has 6 nitrogen and oxygen atoms in total. The number of amides is 2. The maximum atomic E-state index is 12.4. The highest BCUT2D eigenvalue weighted by Gasteiger charge is 2.20. The predicted octanol–water partition coefficient (Wildman–Crippen LogP) is 2.79. The summed E-state index contributed by atoms with van der Waals surface area (Å²) in [4.78, 5) is 28.0. The van der Waals surface area contributed by atoms with Gasteiger partial charge in [-0.05, 0) is 43.4 Å². The molecule has 0 atom stereocenters. The number of carbonyl (C=O) groups excluding carboxylic acids is 2. The Bertz CT molecular complexity index is 891. The van der Waals surface area contributed by atoms with Crippen LogP contribution in [0.1, 0.15) is 22.8 Å². The minimum atomic E-state index is -0.242. The summed E-state index contributed by atoms with van der Waals surface area (Å²) in [5.74, 6) is -0.139. The molecule has 0 saturated carbocycles. The summed E-state index contributed by atoms with van der Waals surface area (Å²) in [5.41, 5.74) is 3.41. The molecule has 7 heteroatoms. The van der Waals surface area contributed by atoms with Crippen molar-refractivity contribution in [3.8, 4) is 0 Å². The monoisotopic (exact) mass is 396 g/mol. The number of carbonyl (C=O) groups is 2. The highest BCUT2D eigenvalue weighted by atomic mass is 32.1. The zero-order valence-electron chi connectivity index (χ0n) is 16.1.